The number of pyridine rings is 1. The van der Waals surface area contributed by atoms with E-state index in [0.717, 1.165) is 16.9 Å². The zero-order chi connectivity index (χ0) is 13.3. The molecule has 0 aliphatic rings. The van der Waals surface area contributed by atoms with E-state index in [1.54, 1.807) is 13.8 Å². The second-order valence-electron chi connectivity index (χ2n) is 3.67. The van der Waals surface area contributed by atoms with E-state index in [9.17, 15) is 14.4 Å². The number of esters is 1. The van der Waals surface area contributed by atoms with E-state index in [2.05, 4.69) is 4.98 Å². The maximum Gasteiger partial charge on any atom is 0.343 e. The van der Waals surface area contributed by atoms with Crippen molar-refractivity contribution in [3.05, 3.63) is 32.4 Å². The fraction of sp³-hybridized carbons (Fsp3) is 0.250. The van der Waals surface area contributed by atoms with Crippen molar-refractivity contribution in [1.29, 1.82) is 0 Å². The summed E-state index contributed by atoms with van der Waals surface area (Å²) in [7, 11) is 0. The van der Waals surface area contributed by atoms with Gasteiger partial charge in [0.05, 0.1) is 21.7 Å². The quantitative estimate of drug-likeness (QED) is 0.679. The minimum absolute atomic E-state index is 0.0388. The molecule has 94 valence electrons. The highest BCUT2D eigenvalue weighted by molar-refractivity contribution is 7.20. The molecule has 0 fully saturated rings. The Balaban J connectivity index is 2.68. The molecule has 18 heavy (non-hydrogen) atoms. The third-order valence-electron chi connectivity index (χ3n) is 2.60. The lowest BCUT2D eigenvalue weighted by atomic mass is 10.2. The van der Waals surface area contributed by atoms with Gasteiger partial charge in [-0.3, -0.25) is 9.59 Å². The highest BCUT2D eigenvalue weighted by Gasteiger charge is 2.17. The van der Waals surface area contributed by atoms with Gasteiger partial charge in [-0.15, -0.1) is 11.3 Å². The highest BCUT2D eigenvalue weighted by Crippen LogP contribution is 2.25. The Morgan fingerprint density at radius 2 is 2.28 bits per heavy atom. The minimum Gasteiger partial charge on any atom is -0.462 e. The van der Waals surface area contributed by atoms with E-state index in [1.165, 1.54) is 6.20 Å². The van der Waals surface area contributed by atoms with Crippen LogP contribution in [-0.4, -0.2) is 23.8 Å². The second-order valence-corrected chi connectivity index (χ2v) is 4.72. The molecule has 1 N–H and O–H groups in total. The molecule has 2 aromatic heterocycles. The van der Waals surface area contributed by atoms with Crippen molar-refractivity contribution in [2.75, 3.05) is 6.61 Å². The zero-order valence-corrected chi connectivity index (χ0v) is 10.7. The summed E-state index contributed by atoms with van der Waals surface area (Å²) in [5.74, 6) is -0.653. The molecule has 0 spiro atoms. The summed E-state index contributed by atoms with van der Waals surface area (Å²) >= 11 is 1.08. The molecular weight excluding hydrogens is 254 g/mol. The highest BCUT2D eigenvalue weighted by atomic mass is 32.1. The summed E-state index contributed by atoms with van der Waals surface area (Å²) in [5.41, 5.74) is 0.879. The van der Waals surface area contributed by atoms with Crippen molar-refractivity contribution < 1.29 is 14.3 Å². The predicted molar refractivity (Wildman–Crippen MR) is 68.5 cm³/mol. The number of fused-ring (bicyclic) bond motifs is 1. The molecule has 0 radical (unpaired) electrons. The largest absolute Gasteiger partial charge is 0.462 e. The Kier molecular flexibility index (Phi) is 3.29. The number of aromatic amines is 1. The second kappa shape index (κ2) is 4.73. The first-order valence-corrected chi connectivity index (χ1v) is 6.18. The molecule has 0 unspecified atom stereocenters. The number of aryl methyl sites for hydroxylation is 1. The van der Waals surface area contributed by atoms with Crippen LogP contribution in [0.2, 0.25) is 0 Å². The van der Waals surface area contributed by atoms with Gasteiger partial charge in [-0.05, 0) is 19.4 Å². The maximum absolute atomic E-state index is 12.1. The van der Waals surface area contributed by atoms with Crippen LogP contribution in [0.3, 0.4) is 0 Å². The normalized spacial score (nSPS) is 10.6. The molecule has 2 aromatic rings. The van der Waals surface area contributed by atoms with Crippen LogP contribution in [0.1, 0.15) is 32.5 Å². The smallest absolute Gasteiger partial charge is 0.343 e. The van der Waals surface area contributed by atoms with Gasteiger partial charge >= 0.3 is 5.97 Å². The number of carbonyl (C=O) groups excluding carboxylic acids is 2. The van der Waals surface area contributed by atoms with Crippen molar-refractivity contribution in [3.63, 3.8) is 0 Å². The van der Waals surface area contributed by atoms with Gasteiger partial charge < -0.3 is 9.72 Å². The van der Waals surface area contributed by atoms with Crippen LogP contribution in [0, 0.1) is 6.92 Å². The van der Waals surface area contributed by atoms with Gasteiger partial charge in [0.1, 0.15) is 5.56 Å². The number of aromatic nitrogens is 1. The predicted octanol–water partition coefficient (Wildman–Crippen LogP) is 1.89. The molecule has 0 aliphatic carbocycles. The van der Waals surface area contributed by atoms with Crippen LogP contribution < -0.4 is 5.43 Å². The van der Waals surface area contributed by atoms with Crippen LogP contribution in [-0.2, 0) is 4.74 Å². The number of nitrogens with one attached hydrogen (secondary N) is 1. The number of hydrogen-bond donors (Lipinski definition) is 1. The number of H-pyrrole nitrogens is 1. The summed E-state index contributed by atoms with van der Waals surface area (Å²) in [6, 6.07) is 0. The lowest BCUT2D eigenvalue weighted by molar-refractivity contribution is 0.0524. The third-order valence-corrected chi connectivity index (χ3v) is 3.81. The number of thiophene rings is 1. The monoisotopic (exact) mass is 265 g/mol. The fourth-order valence-electron chi connectivity index (χ4n) is 1.67. The van der Waals surface area contributed by atoms with Crippen molar-refractivity contribution in [2.24, 2.45) is 0 Å². The Hall–Kier alpha value is -1.95. The molecule has 0 aromatic carbocycles. The Morgan fingerprint density at radius 1 is 1.56 bits per heavy atom. The molecule has 6 heteroatoms. The molecule has 0 amide bonds. The summed E-state index contributed by atoms with van der Waals surface area (Å²) in [6.07, 6.45) is 2.04. The van der Waals surface area contributed by atoms with Crippen molar-refractivity contribution in [1.82, 2.24) is 4.98 Å². The van der Waals surface area contributed by atoms with Crippen LogP contribution >= 0.6 is 11.3 Å². The van der Waals surface area contributed by atoms with Crippen LogP contribution in [0.4, 0.5) is 0 Å². The van der Waals surface area contributed by atoms with Crippen LogP contribution in [0.25, 0.3) is 10.2 Å². The molecule has 0 atom stereocenters. The third kappa shape index (κ3) is 1.84. The first-order valence-electron chi connectivity index (χ1n) is 5.37. The summed E-state index contributed by atoms with van der Waals surface area (Å²) in [6.45, 7) is 3.63. The van der Waals surface area contributed by atoms with E-state index in [1.807, 2.05) is 0 Å². The van der Waals surface area contributed by atoms with Gasteiger partial charge in [0, 0.05) is 6.20 Å². The Morgan fingerprint density at radius 3 is 2.89 bits per heavy atom. The van der Waals surface area contributed by atoms with E-state index in [4.69, 9.17) is 4.74 Å². The first-order chi connectivity index (χ1) is 8.60. The molecule has 2 rings (SSSR count). The average Bonchev–Trinajstić information content (AvgIpc) is 2.68. The topological polar surface area (TPSA) is 76.2 Å². The van der Waals surface area contributed by atoms with Gasteiger partial charge in [0.2, 0.25) is 5.43 Å². The minimum atomic E-state index is -0.653. The van der Waals surface area contributed by atoms with Crippen molar-refractivity contribution in [2.45, 2.75) is 13.8 Å². The van der Waals surface area contributed by atoms with E-state index < -0.39 is 11.4 Å². The van der Waals surface area contributed by atoms with Gasteiger partial charge in [-0.25, -0.2) is 4.79 Å². The molecule has 0 bridgehead atoms. The fourth-order valence-corrected chi connectivity index (χ4v) is 2.71. The van der Waals surface area contributed by atoms with Crippen molar-refractivity contribution in [3.8, 4) is 0 Å². The van der Waals surface area contributed by atoms with Crippen LogP contribution in [0.5, 0.6) is 0 Å². The lowest BCUT2D eigenvalue weighted by Crippen LogP contribution is -2.17. The van der Waals surface area contributed by atoms with Gasteiger partial charge in [0.25, 0.3) is 0 Å². The van der Waals surface area contributed by atoms with Gasteiger partial charge in [-0.2, -0.15) is 0 Å². The number of ether oxygens (including phenoxy) is 1. The van der Waals surface area contributed by atoms with Crippen molar-refractivity contribution >= 4 is 33.8 Å². The molecular formula is C12H11NO4S. The number of aldehydes is 1. The number of hydrogen-bond acceptors (Lipinski definition) is 5. The maximum atomic E-state index is 12.1. The average molecular weight is 265 g/mol. The van der Waals surface area contributed by atoms with Crippen LogP contribution in [0.15, 0.2) is 11.0 Å². The molecule has 2 heterocycles. The molecule has 0 saturated carbocycles. The SMILES string of the molecule is CCOC(=O)c1c[nH]c2c(C)c(C=O)sc2c1=O. The standard InChI is InChI=1S/C12H11NO4S/c1-3-17-12(16)7-4-13-9-6(2)8(5-14)18-11(9)10(7)15/h4-5H,3H2,1-2H3,(H,13,15). The molecule has 0 aliphatic heterocycles. The molecule has 5 nitrogen and oxygen atoms in total. The molecule has 0 saturated heterocycles. The summed E-state index contributed by atoms with van der Waals surface area (Å²) in [5, 5.41) is 0. The summed E-state index contributed by atoms with van der Waals surface area (Å²) < 4.78 is 5.17. The lowest BCUT2D eigenvalue weighted by Gasteiger charge is -2.01. The Bertz CT molecular complexity index is 683. The van der Waals surface area contributed by atoms with Gasteiger partial charge in [0.15, 0.2) is 6.29 Å². The van der Waals surface area contributed by atoms with E-state index in [-0.39, 0.29) is 12.2 Å². The first kappa shape index (κ1) is 12.5. The summed E-state index contributed by atoms with van der Waals surface area (Å²) in [4.78, 5) is 37.9. The van der Waals surface area contributed by atoms with E-state index in [0.29, 0.717) is 21.4 Å². The zero-order valence-electron chi connectivity index (χ0n) is 9.90. The Labute approximate surface area is 106 Å². The van der Waals surface area contributed by atoms with Gasteiger partial charge in [-0.1, -0.05) is 0 Å². The van der Waals surface area contributed by atoms with E-state index >= 15 is 0 Å². The number of carbonyl (C=O) groups is 2. The number of rotatable bonds is 3.